The first-order valence-electron chi connectivity index (χ1n) is 7.41. The van der Waals surface area contributed by atoms with Crippen LogP contribution in [0.2, 0.25) is 0 Å². The van der Waals surface area contributed by atoms with E-state index in [1.165, 1.54) is 12.1 Å². The van der Waals surface area contributed by atoms with Crippen molar-refractivity contribution in [3.63, 3.8) is 0 Å². The molecule has 2 unspecified atom stereocenters. The molecule has 3 N–H and O–H groups in total. The summed E-state index contributed by atoms with van der Waals surface area (Å²) in [5, 5.41) is 14.8. The van der Waals surface area contributed by atoms with Crippen LogP contribution in [0.15, 0.2) is 24.3 Å². The third kappa shape index (κ3) is 8.30. The predicted octanol–water partition coefficient (Wildman–Crippen LogP) is 2.46. The minimum Gasteiger partial charge on any atom is -0.393 e. The molecule has 0 saturated heterocycles. The van der Waals surface area contributed by atoms with Crippen LogP contribution in [0.5, 0.6) is 0 Å². The molecule has 21 heavy (non-hydrogen) atoms. The highest BCUT2D eigenvalue weighted by molar-refractivity contribution is 5.73. The van der Waals surface area contributed by atoms with Gasteiger partial charge in [0, 0.05) is 13.1 Å². The second kappa shape index (κ2) is 9.34. The first-order chi connectivity index (χ1) is 9.97. The van der Waals surface area contributed by atoms with E-state index in [0.717, 1.165) is 18.4 Å². The maximum atomic E-state index is 13.0. The van der Waals surface area contributed by atoms with Gasteiger partial charge in [-0.1, -0.05) is 19.1 Å². The van der Waals surface area contributed by atoms with Gasteiger partial charge in [0.15, 0.2) is 0 Å². The van der Waals surface area contributed by atoms with E-state index in [9.17, 15) is 14.3 Å². The predicted molar refractivity (Wildman–Crippen MR) is 81.6 cm³/mol. The van der Waals surface area contributed by atoms with Gasteiger partial charge < -0.3 is 15.7 Å². The Bertz CT molecular complexity index is 438. The minimum atomic E-state index is -0.351. The fourth-order valence-corrected chi connectivity index (χ4v) is 2.18. The largest absolute Gasteiger partial charge is 0.393 e. The Morgan fingerprint density at radius 2 is 2.10 bits per heavy atom. The Hall–Kier alpha value is -1.62. The van der Waals surface area contributed by atoms with Crippen molar-refractivity contribution in [2.75, 3.05) is 13.1 Å². The number of carbonyl (C=O) groups excluding carboxylic acids is 1. The summed E-state index contributed by atoms with van der Waals surface area (Å²) in [4.78, 5) is 11.6. The van der Waals surface area contributed by atoms with Crippen molar-refractivity contribution >= 4 is 6.03 Å². The summed E-state index contributed by atoms with van der Waals surface area (Å²) in [7, 11) is 0. The topological polar surface area (TPSA) is 61.4 Å². The average molecular weight is 296 g/mol. The summed E-state index contributed by atoms with van der Waals surface area (Å²) in [6.07, 6.45) is 1.81. The molecule has 0 aliphatic carbocycles. The van der Waals surface area contributed by atoms with E-state index in [1.807, 2.05) is 13.0 Å². The fraction of sp³-hybridized carbons (Fsp3) is 0.562. The molecule has 0 aliphatic rings. The van der Waals surface area contributed by atoms with Crippen LogP contribution in [0.25, 0.3) is 0 Å². The molecule has 0 radical (unpaired) electrons. The van der Waals surface area contributed by atoms with Gasteiger partial charge in [-0.25, -0.2) is 9.18 Å². The van der Waals surface area contributed by atoms with E-state index in [-0.39, 0.29) is 23.9 Å². The number of benzene rings is 1. The molecule has 0 heterocycles. The van der Waals surface area contributed by atoms with Gasteiger partial charge >= 0.3 is 6.03 Å². The van der Waals surface area contributed by atoms with E-state index >= 15 is 0 Å². The zero-order chi connectivity index (χ0) is 15.7. The van der Waals surface area contributed by atoms with E-state index in [1.54, 1.807) is 13.0 Å². The molecular formula is C16H25FN2O2. The first kappa shape index (κ1) is 17.4. The van der Waals surface area contributed by atoms with E-state index < -0.39 is 0 Å². The van der Waals surface area contributed by atoms with Crippen molar-refractivity contribution in [3.05, 3.63) is 35.6 Å². The van der Waals surface area contributed by atoms with Crippen LogP contribution in [-0.2, 0) is 6.42 Å². The number of carbonyl (C=O) groups is 1. The van der Waals surface area contributed by atoms with Gasteiger partial charge in [0.25, 0.3) is 0 Å². The number of halogens is 1. The van der Waals surface area contributed by atoms with Gasteiger partial charge in [-0.15, -0.1) is 0 Å². The number of aliphatic hydroxyl groups excluding tert-OH is 1. The molecule has 0 aromatic heterocycles. The molecule has 0 fully saturated rings. The Kier molecular flexibility index (Phi) is 7.75. The standard InChI is InChI=1S/C16H25FN2O2/c1-12(9-13(2)20)11-19-16(21)18-8-4-6-14-5-3-7-15(17)10-14/h3,5,7,10,12-13,20H,4,6,8-9,11H2,1-2H3,(H2,18,19,21). The zero-order valence-electron chi connectivity index (χ0n) is 12.7. The maximum absolute atomic E-state index is 13.0. The van der Waals surface area contributed by atoms with Gasteiger partial charge in [-0.3, -0.25) is 0 Å². The monoisotopic (exact) mass is 296 g/mol. The summed E-state index contributed by atoms with van der Waals surface area (Å²) in [6.45, 7) is 4.81. The quantitative estimate of drug-likeness (QED) is 0.645. The number of nitrogens with one attached hydrogen (secondary N) is 2. The van der Waals surface area contributed by atoms with E-state index in [2.05, 4.69) is 10.6 Å². The highest BCUT2D eigenvalue weighted by atomic mass is 19.1. The Morgan fingerprint density at radius 1 is 1.33 bits per heavy atom. The van der Waals surface area contributed by atoms with Gasteiger partial charge in [0.1, 0.15) is 5.82 Å². The lowest BCUT2D eigenvalue weighted by Gasteiger charge is -2.14. The second-order valence-electron chi connectivity index (χ2n) is 5.56. The van der Waals surface area contributed by atoms with Crippen LogP contribution in [0.1, 0.15) is 32.3 Å². The molecule has 0 spiro atoms. The van der Waals surface area contributed by atoms with Crippen LogP contribution >= 0.6 is 0 Å². The minimum absolute atomic E-state index is 0.202. The Labute approximate surface area is 125 Å². The Morgan fingerprint density at radius 3 is 2.76 bits per heavy atom. The van der Waals surface area contributed by atoms with Crippen LogP contribution < -0.4 is 10.6 Å². The summed E-state index contributed by atoms with van der Waals surface area (Å²) >= 11 is 0. The third-order valence-corrected chi connectivity index (χ3v) is 3.17. The van der Waals surface area contributed by atoms with Crippen molar-refractivity contribution in [1.29, 1.82) is 0 Å². The number of rotatable bonds is 8. The zero-order valence-corrected chi connectivity index (χ0v) is 12.7. The number of aliphatic hydroxyl groups is 1. The molecule has 1 aromatic carbocycles. The molecular weight excluding hydrogens is 271 g/mol. The molecule has 1 rings (SSSR count). The normalized spacial score (nSPS) is 13.5. The van der Waals surface area contributed by atoms with Crippen LogP contribution in [0.4, 0.5) is 9.18 Å². The smallest absolute Gasteiger partial charge is 0.314 e. The fourth-order valence-electron chi connectivity index (χ4n) is 2.18. The summed E-state index contributed by atoms with van der Waals surface area (Å²) < 4.78 is 13.0. The number of amides is 2. The van der Waals surface area contributed by atoms with Crippen molar-refractivity contribution in [1.82, 2.24) is 10.6 Å². The number of hydrogen-bond donors (Lipinski definition) is 3. The molecule has 0 saturated carbocycles. The lowest BCUT2D eigenvalue weighted by atomic mass is 10.1. The van der Waals surface area contributed by atoms with Crippen molar-refractivity contribution in [2.45, 2.75) is 39.2 Å². The average Bonchev–Trinajstić information content (AvgIpc) is 2.41. The number of urea groups is 1. The van der Waals surface area contributed by atoms with Crippen LogP contribution in [0, 0.1) is 11.7 Å². The van der Waals surface area contributed by atoms with Crippen LogP contribution in [-0.4, -0.2) is 30.3 Å². The van der Waals surface area contributed by atoms with Crippen molar-refractivity contribution < 1.29 is 14.3 Å². The second-order valence-corrected chi connectivity index (χ2v) is 5.56. The number of aryl methyl sites for hydroxylation is 1. The lowest BCUT2D eigenvalue weighted by Crippen LogP contribution is -2.38. The van der Waals surface area contributed by atoms with Gasteiger partial charge in [-0.2, -0.15) is 0 Å². The number of hydrogen-bond acceptors (Lipinski definition) is 2. The molecule has 0 aliphatic heterocycles. The van der Waals surface area contributed by atoms with Gasteiger partial charge in [0.2, 0.25) is 0 Å². The molecule has 118 valence electrons. The molecule has 1 aromatic rings. The summed E-state index contributed by atoms with van der Waals surface area (Å²) in [6, 6.07) is 6.29. The third-order valence-electron chi connectivity index (χ3n) is 3.17. The molecule has 2 amide bonds. The van der Waals surface area contributed by atoms with E-state index in [0.29, 0.717) is 19.5 Å². The molecule has 2 atom stereocenters. The maximum Gasteiger partial charge on any atom is 0.314 e. The van der Waals surface area contributed by atoms with Crippen molar-refractivity contribution in [2.24, 2.45) is 5.92 Å². The van der Waals surface area contributed by atoms with Crippen molar-refractivity contribution in [3.8, 4) is 0 Å². The lowest BCUT2D eigenvalue weighted by molar-refractivity contribution is 0.163. The summed E-state index contributed by atoms with van der Waals surface area (Å²) in [5.41, 5.74) is 0.933. The van der Waals surface area contributed by atoms with Crippen LogP contribution in [0.3, 0.4) is 0 Å². The first-order valence-corrected chi connectivity index (χ1v) is 7.41. The van der Waals surface area contributed by atoms with E-state index in [4.69, 9.17) is 0 Å². The molecule has 0 bridgehead atoms. The molecule has 4 nitrogen and oxygen atoms in total. The van der Waals surface area contributed by atoms with Gasteiger partial charge in [0.05, 0.1) is 6.10 Å². The highest BCUT2D eigenvalue weighted by Gasteiger charge is 2.07. The Balaban J connectivity index is 2.11. The van der Waals surface area contributed by atoms with Gasteiger partial charge in [-0.05, 0) is 49.8 Å². The molecule has 5 heteroatoms. The summed E-state index contributed by atoms with van der Waals surface area (Å²) in [5.74, 6) is 0.00773. The SMILES string of the molecule is CC(O)CC(C)CNC(=O)NCCCc1cccc(F)c1. The highest BCUT2D eigenvalue weighted by Crippen LogP contribution is 2.06.